The van der Waals surface area contributed by atoms with Gasteiger partial charge in [-0.15, -0.1) is 0 Å². The molecule has 9 heteroatoms. The molecule has 0 spiro atoms. The lowest BCUT2D eigenvalue weighted by Crippen LogP contribution is -2.42. The molecular weight excluding hydrogens is 394 g/mol. The van der Waals surface area contributed by atoms with E-state index in [9.17, 15) is 18.0 Å². The fourth-order valence-corrected chi connectivity index (χ4v) is 3.18. The van der Waals surface area contributed by atoms with E-state index in [4.69, 9.17) is 33.1 Å². The van der Waals surface area contributed by atoms with Crippen molar-refractivity contribution in [1.29, 1.82) is 0 Å². The van der Waals surface area contributed by atoms with Crippen LogP contribution < -0.4 is 0 Å². The predicted octanol–water partition coefficient (Wildman–Crippen LogP) is 5.27. The quantitative estimate of drug-likeness (QED) is 0.758. The van der Waals surface area contributed by atoms with E-state index in [1.807, 2.05) is 0 Å². The molecule has 0 amide bonds. The van der Waals surface area contributed by atoms with E-state index in [0.717, 1.165) is 12.1 Å². The molecule has 26 heavy (non-hydrogen) atoms. The van der Waals surface area contributed by atoms with Crippen LogP contribution in [0.4, 0.5) is 13.2 Å². The van der Waals surface area contributed by atoms with Crippen LogP contribution in [0, 0.1) is 0 Å². The minimum atomic E-state index is -4.78. The molecular formula is C17H10Cl2F3NO3. The van der Waals surface area contributed by atoms with Crippen LogP contribution in [-0.2, 0) is 10.4 Å². The Morgan fingerprint density at radius 2 is 1.69 bits per heavy atom. The molecule has 0 radical (unpaired) electrons. The van der Waals surface area contributed by atoms with Gasteiger partial charge in [0.05, 0.1) is 11.3 Å². The van der Waals surface area contributed by atoms with Gasteiger partial charge in [0.1, 0.15) is 0 Å². The van der Waals surface area contributed by atoms with Crippen LogP contribution in [-0.4, -0.2) is 23.0 Å². The number of benzene rings is 2. The summed E-state index contributed by atoms with van der Waals surface area (Å²) in [5.41, 5.74) is -2.60. The summed E-state index contributed by atoms with van der Waals surface area (Å²) >= 11 is 11.7. The highest BCUT2D eigenvalue weighted by atomic mass is 35.5. The van der Waals surface area contributed by atoms with Crippen LogP contribution in [0.3, 0.4) is 0 Å². The first-order valence-electron chi connectivity index (χ1n) is 7.24. The lowest BCUT2D eigenvalue weighted by molar-refractivity contribution is -0.275. The van der Waals surface area contributed by atoms with Gasteiger partial charge in [0, 0.05) is 22.0 Å². The van der Waals surface area contributed by atoms with Gasteiger partial charge in [-0.25, -0.2) is 4.79 Å². The third kappa shape index (κ3) is 3.24. The van der Waals surface area contributed by atoms with Crippen LogP contribution in [0.15, 0.2) is 47.6 Å². The molecule has 2 aromatic rings. The zero-order valence-corrected chi connectivity index (χ0v) is 14.4. The first-order chi connectivity index (χ1) is 12.1. The van der Waals surface area contributed by atoms with E-state index < -0.39 is 24.2 Å². The summed E-state index contributed by atoms with van der Waals surface area (Å²) in [6, 6.07) is 8.90. The lowest BCUT2D eigenvalue weighted by Gasteiger charge is -2.29. The number of carboxylic acids is 1. The van der Waals surface area contributed by atoms with Gasteiger partial charge in [0.2, 0.25) is 0 Å². The van der Waals surface area contributed by atoms with E-state index in [0.29, 0.717) is 5.56 Å². The van der Waals surface area contributed by atoms with Crippen molar-refractivity contribution in [3.63, 3.8) is 0 Å². The number of aromatic carboxylic acids is 1. The van der Waals surface area contributed by atoms with Crippen LogP contribution in [0.25, 0.3) is 0 Å². The number of alkyl halides is 3. The maximum Gasteiger partial charge on any atom is 0.435 e. The van der Waals surface area contributed by atoms with Crippen LogP contribution in [0.5, 0.6) is 0 Å². The summed E-state index contributed by atoms with van der Waals surface area (Å²) in [6.07, 6.45) is -5.38. The Hall–Kier alpha value is -2.25. The molecule has 1 N–H and O–H groups in total. The highest BCUT2D eigenvalue weighted by Crippen LogP contribution is 2.49. The van der Waals surface area contributed by atoms with Crippen molar-refractivity contribution >= 4 is 34.9 Å². The van der Waals surface area contributed by atoms with Crippen LogP contribution >= 0.6 is 23.2 Å². The zero-order valence-electron chi connectivity index (χ0n) is 12.8. The lowest BCUT2D eigenvalue weighted by atomic mass is 9.86. The topological polar surface area (TPSA) is 58.9 Å². The number of oxime groups is 1. The van der Waals surface area contributed by atoms with Gasteiger partial charge in [-0.2, -0.15) is 13.2 Å². The normalized spacial score (nSPS) is 19.8. The Morgan fingerprint density at radius 1 is 1.12 bits per heavy atom. The predicted molar refractivity (Wildman–Crippen MR) is 89.8 cm³/mol. The van der Waals surface area contributed by atoms with E-state index in [1.54, 1.807) is 0 Å². The van der Waals surface area contributed by atoms with Crippen molar-refractivity contribution in [1.82, 2.24) is 0 Å². The SMILES string of the molecule is O=C(O)c1ccc(C2=NOC(c3cc(Cl)cc(Cl)c3)(C(F)(F)F)C2)cc1. The molecule has 1 aliphatic heterocycles. The minimum absolute atomic E-state index is 0.0111. The number of hydrogen-bond acceptors (Lipinski definition) is 3. The molecule has 136 valence electrons. The fourth-order valence-electron chi connectivity index (χ4n) is 2.65. The summed E-state index contributed by atoms with van der Waals surface area (Å²) in [6.45, 7) is 0. The van der Waals surface area contributed by atoms with Gasteiger partial charge in [0.25, 0.3) is 5.60 Å². The first kappa shape index (κ1) is 18.5. The smallest absolute Gasteiger partial charge is 0.435 e. The van der Waals surface area contributed by atoms with Crippen molar-refractivity contribution in [3.05, 3.63) is 69.2 Å². The third-order valence-corrected chi connectivity index (χ3v) is 4.42. The number of halogens is 5. The van der Waals surface area contributed by atoms with Gasteiger partial charge in [-0.05, 0) is 35.9 Å². The Labute approximate surface area is 155 Å². The van der Waals surface area contributed by atoms with Crippen LogP contribution in [0.2, 0.25) is 10.0 Å². The first-order valence-corrected chi connectivity index (χ1v) is 8.00. The molecule has 0 aliphatic carbocycles. The molecule has 0 aromatic heterocycles. The number of carboxylic acid groups (broad SMARTS) is 1. The maximum absolute atomic E-state index is 13.9. The summed E-state index contributed by atoms with van der Waals surface area (Å²) < 4.78 is 41.6. The van der Waals surface area contributed by atoms with Gasteiger partial charge in [-0.1, -0.05) is 40.5 Å². The Morgan fingerprint density at radius 3 is 2.19 bits per heavy atom. The highest BCUT2D eigenvalue weighted by molar-refractivity contribution is 6.34. The van der Waals surface area contributed by atoms with E-state index in [2.05, 4.69) is 5.16 Å². The van der Waals surface area contributed by atoms with Gasteiger partial charge >= 0.3 is 12.1 Å². The van der Waals surface area contributed by atoms with Crippen molar-refractivity contribution in [2.75, 3.05) is 0 Å². The van der Waals surface area contributed by atoms with E-state index in [1.165, 1.54) is 30.3 Å². The van der Waals surface area contributed by atoms with Crippen LogP contribution in [0.1, 0.15) is 27.9 Å². The molecule has 0 saturated heterocycles. The molecule has 0 fully saturated rings. The third-order valence-electron chi connectivity index (χ3n) is 3.98. The second-order valence-electron chi connectivity index (χ2n) is 5.67. The average molecular weight is 404 g/mol. The van der Waals surface area contributed by atoms with Crippen molar-refractivity contribution in [3.8, 4) is 0 Å². The van der Waals surface area contributed by atoms with Gasteiger partial charge < -0.3 is 9.94 Å². The van der Waals surface area contributed by atoms with Crippen molar-refractivity contribution < 1.29 is 27.9 Å². The molecule has 2 aromatic carbocycles. The summed E-state index contributed by atoms with van der Waals surface area (Å²) in [4.78, 5) is 15.8. The Bertz CT molecular complexity index is 877. The molecule has 4 nitrogen and oxygen atoms in total. The molecule has 1 aliphatic rings. The average Bonchev–Trinajstić information content (AvgIpc) is 3.00. The number of carbonyl (C=O) groups is 1. The molecule has 0 bridgehead atoms. The molecule has 1 unspecified atom stereocenters. The highest BCUT2D eigenvalue weighted by Gasteiger charge is 2.62. The van der Waals surface area contributed by atoms with Crippen molar-refractivity contribution in [2.24, 2.45) is 5.16 Å². The molecule has 1 heterocycles. The Balaban J connectivity index is 1.99. The summed E-state index contributed by atoms with van der Waals surface area (Å²) in [5, 5.41) is 12.6. The molecule has 1 atom stereocenters. The van der Waals surface area contributed by atoms with Crippen molar-refractivity contribution in [2.45, 2.75) is 18.2 Å². The largest absolute Gasteiger partial charge is 0.478 e. The second-order valence-corrected chi connectivity index (χ2v) is 6.54. The fraction of sp³-hybridized carbons (Fsp3) is 0.176. The standard InChI is InChI=1S/C17H10Cl2F3NO3/c18-12-5-11(6-13(19)7-12)16(17(20,21)22)8-14(23-26-16)9-1-3-10(4-2-9)15(24)25/h1-7H,8H2,(H,24,25). The maximum atomic E-state index is 13.9. The number of nitrogens with zero attached hydrogens (tertiary/aromatic N) is 1. The van der Waals surface area contributed by atoms with E-state index in [-0.39, 0.29) is 26.9 Å². The summed E-state index contributed by atoms with van der Waals surface area (Å²) in [5.74, 6) is -1.14. The minimum Gasteiger partial charge on any atom is -0.478 e. The Kier molecular flexibility index (Phi) is 4.62. The van der Waals surface area contributed by atoms with Gasteiger partial charge in [0.15, 0.2) is 0 Å². The molecule has 3 rings (SSSR count). The van der Waals surface area contributed by atoms with E-state index >= 15 is 0 Å². The molecule has 0 saturated carbocycles. The van der Waals surface area contributed by atoms with Gasteiger partial charge in [-0.3, -0.25) is 0 Å². The number of rotatable bonds is 3. The monoisotopic (exact) mass is 403 g/mol. The zero-order chi connectivity index (χ0) is 19.1. The summed E-state index contributed by atoms with van der Waals surface area (Å²) in [7, 11) is 0. The second kappa shape index (κ2) is 6.48. The number of hydrogen-bond donors (Lipinski definition) is 1.